The third kappa shape index (κ3) is 3.21. The van der Waals surface area contributed by atoms with Gasteiger partial charge in [0.1, 0.15) is 5.75 Å². The molecular weight excluding hydrogens is 260 g/mol. The van der Waals surface area contributed by atoms with E-state index >= 15 is 0 Å². The minimum Gasteiger partial charge on any atom is -0.493 e. The van der Waals surface area contributed by atoms with Crippen LogP contribution in [0.3, 0.4) is 0 Å². The van der Waals surface area contributed by atoms with E-state index in [4.69, 9.17) is 4.74 Å². The number of aliphatic hydroxyl groups is 1. The van der Waals surface area contributed by atoms with Crippen molar-refractivity contribution >= 4 is 16.6 Å². The fraction of sp³-hybridized carbons (Fsp3) is 0.357. The van der Waals surface area contributed by atoms with Gasteiger partial charge in [0.25, 0.3) is 5.69 Å². The molecule has 0 saturated carbocycles. The molecule has 0 aliphatic heterocycles. The lowest BCUT2D eigenvalue weighted by Gasteiger charge is -2.17. The highest BCUT2D eigenvalue weighted by Gasteiger charge is 2.17. The van der Waals surface area contributed by atoms with E-state index in [2.05, 4.69) is 4.98 Å². The number of fused-ring (bicyclic) bond motifs is 1. The topological polar surface area (TPSA) is 85.5 Å². The van der Waals surface area contributed by atoms with E-state index in [1.165, 1.54) is 12.3 Å². The highest BCUT2D eigenvalue weighted by Crippen LogP contribution is 2.31. The first-order valence-electron chi connectivity index (χ1n) is 6.26. The molecule has 0 radical (unpaired) electrons. The molecule has 20 heavy (non-hydrogen) atoms. The van der Waals surface area contributed by atoms with E-state index < -0.39 is 10.5 Å². The summed E-state index contributed by atoms with van der Waals surface area (Å²) in [6, 6.07) is 6.38. The molecule has 1 heterocycles. The highest BCUT2D eigenvalue weighted by molar-refractivity contribution is 5.91. The van der Waals surface area contributed by atoms with Crippen LogP contribution in [-0.2, 0) is 0 Å². The van der Waals surface area contributed by atoms with E-state index in [-0.39, 0.29) is 5.69 Å². The Balaban J connectivity index is 2.31. The van der Waals surface area contributed by atoms with Crippen LogP contribution < -0.4 is 4.74 Å². The van der Waals surface area contributed by atoms with Crippen molar-refractivity contribution < 1.29 is 14.8 Å². The van der Waals surface area contributed by atoms with Gasteiger partial charge in [0.05, 0.1) is 17.1 Å². The Morgan fingerprint density at radius 2 is 2.15 bits per heavy atom. The summed E-state index contributed by atoms with van der Waals surface area (Å²) in [4.78, 5) is 14.5. The van der Waals surface area contributed by atoms with Crippen LogP contribution in [0.4, 0.5) is 5.69 Å². The van der Waals surface area contributed by atoms with Crippen molar-refractivity contribution in [1.29, 1.82) is 0 Å². The van der Waals surface area contributed by atoms with Gasteiger partial charge in [-0.3, -0.25) is 10.1 Å². The lowest BCUT2D eigenvalue weighted by molar-refractivity contribution is -0.383. The number of nitro benzene ring substituents is 1. The molecule has 0 aliphatic carbocycles. The lowest BCUT2D eigenvalue weighted by atomic mass is 10.1. The number of benzene rings is 1. The van der Waals surface area contributed by atoms with Crippen LogP contribution in [0.5, 0.6) is 5.75 Å². The molecule has 2 rings (SSSR count). The molecule has 0 unspecified atom stereocenters. The van der Waals surface area contributed by atoms with Gasteiger partial charge in [-0.1, -0.05) is 0 Å². The van der Waals surface area contributed by atoms with Crippen LogP contribution in [0.15, 0.2) is 30.5 Å². The first kappa shape index (κ1) is 14.2. The van der Waals surface area contributed by atoms with E-state index in [1.807, 2.05) is 0 Å². The number of pyridine rings is 1. The van der Waals surface area contributed by atoms with Crippen LogP contribution >= 0.6 is 0 Å². The fourth-order valence-electron chi connectivity index (χ4n) is 1.82. The SMILES string of the molecule is CC(C)(O)CCOc1ccc([N+](=O)[O-])c2ncccc12. The maximum Gasteiger partial charge on any atom is 0.295 e. The van der Waals surface area contributed by atoms with Crippen molar-refractivity contribution in [2.75, 3.05) is 6.61 Å². The number of rotatable bonds is 5. The summed E-state index contributed by atoms with van der Waals surface area (Å²) in [5.74, 6) is 0.531. The second-order valence-electron chi connectivity index (χ2n) is 5.15. The molecule has 0 aliphatic rings. The van der Waals surface area contributed by atoms with Crippen LogP contribution in [0, 0.1) is 10.1 Å². The Bertz CT molecular complexity index is 635. The Labute approximate surface area is 116 Å². The number of ether oxygens (including phenoxy) is 1. The summed E-state index contributed by atoms with van der Waals surface area (Å²) in [6.07, 6.45) is 1.97. The first-order chi connectivity index (χ1) is 9.38. The zero-order valence-corrected chi connectivity index (χ0v) is 11.4. The van der Waals surface area contributed by atoms with E-state index in [1.54, 1.807) is 32.0 Å². The Kier molecular flexibility index (Phi) is 3.85. The van der Waals surface area contributed by atoms with Crippen molar-refractivity contribution in [3.8, 4) is 5.75 Å². The Morgan fingerprint density at radius 3 is 2.80 bits per heavy atom. The quantitative estimate of drug-likeness (QED) is 0.670. The molecule has 1 aromatic heterocycles. The van der Waals surface area contributed by atoms with E-state index in [0.717, 1.165) is 0 Å². The molecule has 0 amide bonds. The molecule has 106 valence electrons. The van der Waals surface area contributed by atoms with Gasteiger partial charge in [-0.05, 0) is 32.0 Å². The second kappa shape index (κ2) is 5.42. The number of non-ortho nitro benzene ring substituents is 1. The highest BCUT2D eigenvalue weighted by atomic mass is 16.6. The summed E-state index contributed by atoms with van der Waals surface area (Å²) in [6.45, 7) is 3.73. The average Bonchev–Trinajstić information content (AvgIpc) is 2.37. The van der Waals surface area contributed by atoms with Gasteiger partial charge in [0, 0.05) is 24.1 Å². The summed E-state index contributed by atoms with van der Waals surface area (Å²) in [7, 11) is 0. The Hall–Kier alpha value is -2.21. The second-order valence-corrected chi connectivity index (χ2v) is 5.15. The van der Waals surface area contributed by atoms with Crippen LogP contribution in [0.1, 0.15) is 20.3 Å². The van der Waals surface area contributed by atoms with Crippen molar-refractivity contribution in [1.82, 2.24) is 4.98 Å². The summed E-state index contributed by atoms with van der Waals surface area (Å²) in [5, 5.41) is 21.2. The summed E-state index contributed by atoms with van der Waals surface area (Å²) >= 11 is 0. The van der Waals surface area contributed by atoms with Crippen molar-refractivity contribution in [2.24, 2.45) is 0 Å². The zero-order valence-electron chi connectivity index (χ0n) is 11.4. The van der Waals surface area contributed by atoms with Gasteiger partial charge in [-0.2, -0.15) is 0 Å². The lowest BCUT2D eigenvalue weighted by Crippen LogP contribution is -2.21. The van der Waals surface area contributed by atoms with Crippen LogP contribution in [0.25, 0.3) is 10.9 Å². The minimum atomic E-state index is -0.811. The molecule has 0 bridgehead atoms. The molecule has 6 heteroatoms. The molecule has 2 aromatic rings. The fourth-order valence-corrected chi connectivity index (χ4v) is 1.82. The molecule has 0 spiro atoms. The van der Waals surface area contributed by atoms with Crippen LogP contribution in [0.2, 0.25) is 0 Å². The van der Waals surface area contributed by atoms with Gasteiger partial charge >= 0.3 is 0 Å². The number of nitro groups is 1. The van der Waals surface area contributed by atoms with Crippen LogP contribution in [-0.4, -0.2) is 27.2 Å². The van der Waals surface area contributed by atoms with E-state index in [0.29, 0.717) is 29.7 Å². The number of aromatic nitrogens is 1. The molecular formula is C14H16N2O4. The van der Waals surface area contributed by atoms with Gasteiger partial charge in [0.15, 0.2) is 5.52 Å². The van der Waals surface area contributed by atoms with Crippen molar-refractivity contribution in [3.63, 3.8) is 0 Å². The molecule has 0 atom stereocenters. The third-order valence-electron chi connectivity index (χ3n) is 2.88. The maximum absolute atomic E-state index is 11.0. The number of nitrogens with zero attached hydrogens (tertiary/aromatic N) is 2. The monoisotopic (exact) mass is 276 g/mol. The zero-order chi connectivity index (χ0) is 14.8. The van der Waals surface area contributed by atoms with E-state index in [9.17, 15) is 15.2 Å². The number of hydrogen-bond acceptors (Lipinski definition) is 5. The number of hydrogen-bond donors (Lipinski definition) is 1. The van der Waals surface area contributed by atoms with Crippen molar-refractivity contribution in [2.45, 2.75) is 25.9 Å². The largest absolute Gasteiger partial charge is 0.493 e. The predicted octanol–water partition coefficient (Wildman–Crippen LogP) is 2.68. The summed E-state index contributed by atoms with van der Waals surface area (Å²) in [5.41, 5.74) is -0.553. The molecule has 6 nitrogen and oxygen atoms in total. The first-order valence-corrected chi connectivity index (χ1v) is 6.26. The van der Waals surface area contributed by atoms with Crippen molar-refractivity contribution in [3.05, 3.63) is 40.6 Å². The maximum atomic E-state index is 11.0. The van der Waals surface area contributed by atoms with Gasteiger partial charge < -0.3 is 9.84 Å². The normalized spacial score (nSPS) is 11.6. The predicted molar refractivity (Wildman–Crippen MR) is 74.8 cm³/mol. The standard InChI is InChI=1S/C14H16N2O4/c1-14(2,17)7-9-20-12-6-5-11(16(18)19)13-10(12)4-3-8-15-13/h3-6,8,17H,7,9H2,1-2H3. The molecule has 1 N–H and O–H groups in total. The summed E-state index contributed by atoms with van der Waals surface area (Å²) < 4.78 is 5.61. The third-order valence-corrected chi connectivity index (χ3v) is 2.88. The molecule has 1 aromatic carbocycles. The molecule has 0 fully saturated rings. The Morgan fingerprint density at radius 1 is 1.40 bits per heavy atom. The van der Waals surface area contributed by atoms with Gasteiger partial charge in [-0.15, -0.1) is 0 Å². The average molecular weight is 276 g/mol. The van der Waals surface area contributed by atoms with Gasteiger partial charge in [-0.25, -0.2) is 4.98 Å². The van der Waals surface area contributed by atoms with Gasteiger partial charge in [0.2, 0.25) is 0 Å². The minimum absolute atomic E-state index is 0.0459. The molecule has 0 saturated heterocycles. The smallest absolute Gasteiger partial charge is 0.295 e.